The number of methoxy groups -OCH3 is 2. The maximum absolute atomic E-state index is 11.9. The van der Waals surface area contributed by atoms with Gasteiger partial charge >= 0.3 is 0 Å². The van der Waals surface area contributed by atoms with E-state index in [9.17, 15) is 4.79 Å². The van der Waals surface area contributed by atoms with E-state index in [1.165, 1.54) is 0 Å². The van der Waals surface area contributed by atoms with Crippen molar-refractivity contribution in [3.63, 3.8) is 0 Å². The fraction of sp³-hybridized carbons (Fsp3) is 0.174. The van der Waals surface area contributed by atoms with Crippen LogP contribution in [0.25, 0.3) is 0 Å². The van der Waals surface area contributed by atoms with Crippen molar-refractivity contribution in [2.45, 2.75) is 6.92 Å². The van der Waals surface area contributed by atoms with Crippen LogP contribution in [0, 0.1) is 6.92 Å². The molecule has 3 rings (SSSR count). The Morgan fingerprint density at radius 2 is 1.62 bits per heavy atom. The lowest BCUT2D eigenvalue weighted by molar-refractivity contribution is -0.114. The molecule has 29 heavy (non-hydrogen) atoms. The predicted molar refractivity (Wildman–Crippen MR) is 119 cm³/mol. The third-order valence-corrected chi connectivity index (χ3v) is 4.09. The van der Waals surface area contributed by atoms with Crippen molar-refractivity contribution < 1.29 is 14.3 Å². The number of carbonyl (C=O) groups is 1. The van der Waals surface area contributed by atoms with Crippen LogP contribution in [0.15, 0.2) is 72.8 Å². The second kappa shape index (κ2) is 11.2. The van der Waals surface area contributed by atoms with Gasteiger partial charge in [0.05, 0.1) is 26.5 Å². The monoisotopic (exact) mass is 393 g/mol. The van der Waals surface area contributed by atoms with Crippen LogP contribution >= 0.6 is 0 Å². The lowest BCUT2D eigenvalue weighted by Gasteiger charge is -2.12. The fourth-order valence-corrected chi connectivity index (χ4v) is 2.44. The molecule has 0 radical (unpaired) electrons. The quantitative estimate of drug-likeness (QED) is 0.543. The first-order valence-corrected chi connectivity index (χ1v) is 9.15. The van der Waals surface area contributed by atoms with Crippen LogP contribution in [0.4, 0.5) is 17.1 Å². The molecule has 0 heterocycles. The van der Waals surface area contributed by atoms with E-state index in [0.717, 1.165) is 16.9 Å². The summed E-state index contributed by atoms with van der Waals surface area (Å²) >= 11 is 0. The van der Waals surface area contributed by atoms with Crippen molar-refractivity contribution in [3.05, 3.63) is 78.4 Å². The molecule has 0 saturated heterocycles. The number of nitrogens with two attached hydrogens (primary N) is 1. The zero-order valence-corrected chi connectivity index (χ0v) is 16.9. The predicted octanol–water partition coefficient (Wildman–Crippen LogP) is 4.33. The summed E-state index contributed by atoms with van der Waals surface area (Å²) in [5, 5.41) is 5.85. The molecule has 3 aromatic rings. The summed E-state index contributed by atoms with van der Waals surface area (Å²) < 4.78 is 10.4. The van der Waals surface area contributed by atoms with Crippen molar-refractivity contribution in [3.8, 4) is 11.5 Å². The molecule has 0 aliphatic carbocycles. The Morgan fingerprint density at radius 1 is 0.931 bits per heavy atom. The lowest BCUT2D eigenvalue weighted by atomic mass is 10.2. The smallest absolute Gasteiger partial charge is 0.243 e. The van der Waals surface area contributed by atoms with Crippen molar-refractivity contribution >= 4 is 23.0 Å². The summed E-state index contributed by atoms with van der Waals surface area (Å²) in [6.07, 6.45) is 0. The fourth-order valence-electron chi connectivity index (χ4n) is 2.44. The number of carbonyl (C=O) groups excluding carboxylic acids is 1. The minimum Gasteiger partial charge on any atom is -0.497 e. The molecule has 0 aliphatic rings. The number of anilines is 3. The molecule has 3 aromatic carbocycles. The molecule has 0 spiro atoms. The molecule has 0 aliphatic heterocycles. The molecule has 6 heteroatoms. The number of rotatable bonds is 6. The van der Waals surface area contributed by atoms with Gasteiger partial charge in [0.1, 0.15) is 11.5 Å². The van der Waals surface area contributed by atoms with E-state index in [1.54, 1.807) is 32.4 Å². The zero-order chi connectivity index (χ0) is 21.1. The average molecular weight is 393 g/mol. The number of hydrogen-bond donors (Lipinski definition) is 3. The summed E-state index contributed by atoms with van der Waals surface area (Å²) in [4.78, 5) is 11.9. The van der Waals surface area contributed by atoms with Crippen LogP contribution in [0.5, 0.6) is 11.5 Å². The molecule has 152 valence electrons. The van der Waals surface area contributed by atoms with Gasteiger partial charge in [0.2, 0.25) is 5.91 Å². The summed E-state index contributed by atoms with van der Waals surface area (Å²) in [5.74, 6) is 1.22. The van der Waals surface area contributed by atoms with Crippen LogP contribution < -0.4 is 25.8 Å². The van der Waals surface area contributed by atoms with E-state index in [4.69, 9.17) is 15.2 Å². The van der Waals surface area contributed by atoms with Crippen LogP contribution in [0.2, 0.25) is 0 Å². The number of hydrogen-bond acceptors (Lipinski definition) is 5. The van der Waals surface area contributed by atoms with Gasteiger partial charge in [-0.1, -0.05) is 36.4 Å². The van der Waals surface area contributed by atoms with Crippen LogP contribution in [0.3, 0.4) is 0 Å². The SMILES string of the molecule is COc1ccc(OC)c(NCC(=O)Nc2ccccc2)c1.Cc1ccccc1N. The number of ether oxygens (including phenoxy) is 2. The minimum absolute atomic E-state index is 0.133. The molecule has 0 aromatic heterocycles. The normalized spacial score (nSPS) is 9.62. The first-order chi connectivity index (χ1) is 14.0. The molecule has 0 atom stereocenters. The molecule has 0 fully saturated rings. The third-order valence-electron chi connectivity index (χ3n) is 4.09. The van der Waals surface area contributed by atoms with Crippen LogP contribution in [-0.2, 0) is 4.79 Å². The highest BCUT2D eigenvalue weighted by molar-refractivity contribution is 5.93. The Labute approximate surface area is 171 Å². The molecule has 1 amide bonds. The maximum atomic E-state index is 11.9. The van der Waals surface area contributed by atoms with Gasteiger partial charge in [0.15, 0.2) is 0 Å². The highest BCUT2D eigenvalue weighted by Crippen LogP contribution is 2.28. The number of nitrogen functional groups attached to an aromatic ring is 1. The van der Waals surface area contributed by atoms with Crippen molar-refractivity contribution in [2.75, 3.05) is 37.1 Å². The van der Waals surface area contributed by atoms with Crippen molar-refractivity contribution in [1.29, 1.82) is 0 Å². The van der Waals surface area contributed by atoms with Gasteiger partial charge < -0.3 is 25.8 Å². The first-order valence-electron chi connectivity index (χ1n) is 9.15. The van der Waals surface area contributed by atoms with E-state index in [1.807, 2.05) is 61.5 Å². The second-order valence-electron chi connectivity index (χ2n) is 6.19. The standard InChI is InChI=1S/C16H18N2O3.C7H9N/c1-20-13-8-9-15(21-2)14(10-13)17-11-16(19)18-12-6-4-3-5-7-12;1-6-4-2-3-5-7(6)8/h3-10,17H,11H2,1-2H3,(H,18,19);2-5H,8H2,1H3. The minimum atomic E-state index is -0.133. The summed E-state index contributed by atoms with van der Waals surface area (Å²) in [5.41, 5.74) is 9.01. The van der Waals surface area contributed by atoms with E-state index in [0.29, 0.717) is 17.2 Å². The van der Waals surface area contributed by atoms with E-state index in [2.05, 4.69) is 10.6 Å². The molecular formula is C23H27N3O3. The van der Waals surface area contributed by atoms with Gasteiger partial charge in [-0.05, 0) is 42.8 Å². The molecule has 6 nitrogen and oxygen atoms in total. The highest BCUT2D eigenvalue weighted by Gasteiger charge is 2.07. The van der Waals surface area contributed by atoms with Gasteiger partial charge in [-0.2, -0.15) is 0 Å². The second-order valence-corrected chi connectivity index (χ2v) is 6.19. The van der Waals surface area contributed by atoms with Gasteiger partial charge in [-0.3, -0.25) is 4.79 Å². The number of para-hydroxylation sites is 2. The van der Waals surface area contributed by atoms with E-state index >= 15 is 0 Å². The lowest BCUT2D eigenvalue weighted by Crippen LogP contribution is -2.21. The molecule has 0 bridgehead atoms. The van der Waals surface area contributed by atoms with Gasteiger partial charge in [-0.15, -0.1) is 0 Å². The Morgan fingerprint density at radius 3 is 2.21 bits per heavy atom. The molecular weight excluding hydrogens is 366 g/mol. The average Bonchev–Trinajstić information content (AvgIpc) is 2.75. The molecule has 0 unspecified atom stereocenters. The highest BCUT2D eigenvalue weighted by atomic mass is 16.5. The Bertz CT molecular complexity index is 893. The van der Waals surface area contributed by atoms with Crippen LogP contribution in [-0.4, -0.2) is 26.7 Å². The Balaban J connectivity index is 0.000000313. The number of nitrogens with one attached hydrogen (secondary N) is 2. The van der Waals surface area contributed by atoms with E-state index in [-0.39, 0.29) is 12.5 Å². The number of aryl methyl sites for hydroxylation is 1. The summed E-state index contributed by atoms with van der Waals surface area (Å²) in [7, 11) is 3.17. The first kappa shape index (κ1) is 21.6. The summed E-state index contributed by atoms with van der Waals surface area (Å²) in [6, 6.07) is 22.5. The molecule has 0 saturated carbocycles. The zero-order valence-electron chi connectivity index (χ0n) is 16.9. The maximum Gasteiger partial charge on any atom is 0.243 e. The van der Waals surface area contributed by atoms with Crippen molar-refractivity contribution in [2.24, 2.45) is 0 Å². The largest absolute Gasteiger partial charge is 0.497 e. The Kier molecular flexibility index (Phi) is 8.38. The molecule has 4 N–H and O–H groups in total. The number of amides is 1. The van der Waals surface area contributed by atoms with Gasteiger partial charge in [0.25, 0.3) is 0 Å². The third kappa shape index (κ3) is 7.10. The van der Waals surface area contributed by atoms with Crippen LogP contribution in [0.1, 0.15) is 5.56 Å². The number of benzene rings is 3. The van der Waals surface area contributed by atoms with E-state index < -0.39 is 0 Å². The summed E-state index contributed by atoms with van der Waals surface area (Å²) in [6.45, 7) is 2.13. The topological polar surface area (TPSA) is 85.6 Å². The van der Waals surface area contributed by atoms with Crippen molar-refractivity contribution in [1.82, 2.24) is 0 Å². The van der Waals surface area contributed by atoms with Gasteiger partial charge in [0, 0.05) is 17.4 Å². The Hall–Kier alpha value is -3.67. The van der Waals surface area contributed by atoms with Gasteiger partial charge in [-0.25, -0.2) is 0 Å².